The van der Waals surface area contributed by atoms with Crippen molar-refractivity contribution in [1.82, 2.24) is 15.5 Å². The third-order valence-electron chi connectivity index (χ3n) is 2.49. The summed E-state index contributed by atoms with van der Waals surface area (Å²) in [5, 5.41) is 14.2. The van der Waals surface area contributed by atoms with E-state index in [1.165, 1.54) is 0 Å². The maximum Gasteiger partial charge on any atom is 0.134 e. The van der Waals surface area contributed by atoms with E-state index in [1.54, 1.807) is 11.3 Å². The van der Waals surface area contributed by atoms with Crippen molar-refractivity contribution in [1.29, 1.82) is 0 Å². The van der Waals surface area contributed by atoms with Crippen LogP contribution in [-0.4, -0.2) is 30.0 Å². The SMILES string of the molecule is CCCNC(CC)c1nnc(CCOCC)s1. The van der Waals surface area contributed by atoms with Gasteiger partial charge in [-0.1, -0.05) is 25.2 Å². The average molecular weight is 257 g/mol. The normalized spacial score (nSPS) is 12.9. The zero-order chi connectivity index (χ0) is 12.5. The summed E-state index contributed by atoms with van der Waals surface area (Å²) < 4.78 is 5.32. The molecular weight excluding hydrogens is 234 g/mol. The van der Waals surface area contributed by atoms with Crippen molar-refractivity contribution in [2.45, 2.75) is 46.1 Å². The van der Waals surface area contributed by atoms with Crippen LogP contribution in [0.15, 0.2) is 0 Å². The Hall–Kier alpha value is -0.520. The minimum atomic E-state index is 0.355. The van der Waals surface area contributed by atoms with Crippen LogP contribution < -0.4 is 5.32 Å². The highest BCUT2D eigenvalue weighted by Gasteiger charge is 2.13. The lowest BCUT2D eigenvalue weighted by Crippen LogP contribution is -2.21. The van der Waals surface area contributed by atoms with Crippen LogP contribution in [0.4, 0.5) is 0 Å². The van der Waals surface area contributed by atoms with Crippen molar-refractivity contribution < 1.29 is 4.74 Å². The molecule has 0 aliphatic carbocycles. The summed E-state index contributed by atoms with van der Waals surface area (Å²) in [5.41, 5.74) is 0. The number of nitrogens with one attached hydrogen (secondary N) is 1. The fourth-order valence-corrected chi connectivity index (χ4v) is 2.52. The molecule has 1 aromatic heterocycles. The van der Waals surface area contributed by atoms with Crippen LogP contribution in [0.5, 0.6) is 0 Å². The first-order valence-electron chi connectivity index (χ1n) is 6.45. The van der Waals surface area contributed by atoms with Crippen LogP contribution in [-0.2, 0) is 11.2 Å². The zero-order valence-corrected chi connectivity index (χ0v) is 11.8. The highest BCUT2D eigenvalue weighted by molar-refractivity contribution is 7.11. The Balaban J connectivity index is 2.46. The van der Waals surface area contributed by atoms with Crippen molar-refractivity contribution >= 4 is 11.3 Å². The third kappa shape index (κ3) is 5.10. The van der Waals surface area contributed by atoms with Crippen molar-refractivity contribution in [2.75, 3.05) is 19.8 Å². The molecule has 4 nitrogen and oxygen atoms in total. The molecule has 0 saturated heterocycles. The lowest BCUT2D eigenvalue weighted by Gasteiger charge is -2.12. The van der Waals surface area contributed by atoms with Crippen LogP contribution in [0.3, 0.4) is 0 Å². The number of rotatable bonds is 9. The van der Waals surface area contributed by atoms with Crippen molar-refractivity contribution in [3.63, 3.8) is 0 Å². The van der Waals surface area contributed by atoms with Gasteiger partial charge in [-0.05, 0) is 26.3 Å². The number of nitrogens with zero attached hydrogens (tertiary/aromatic N) is 2. The number of hydrogen-bond donors (Lipinski definition) is 1. The fourth-order valence-electron chi connectivity index (χ4n) is 1.54. The molecule has 5 heteroatoms. The van der Waals surface area contributed by atoms with Gasteiger partial charge in [0.05, 0.1) is 12.6 Å². The van der Waals surface area contributed by atoms with E-state index >= 15 is 0 Å². The average Bonchev–Trinajstić information content (AvgIpc) is 2.79. The van der Waals surface area contributed by atoms with Gasteiger partial charge in [0.2, 0.25) is 0 Å². The highest BCUT2D eigenvalue weighted by atomic mass is 32.1. The molecule has 0 saturated carbocycles. The molecule has 0 aromatic carbocycles. The smallest absolute Gasteiger partial charge is 0.134 e. The summed E-state index contributed by atoms with van der Waals surface area (Å²) in [5.74, 6) is 0. The van der Waals surface area contributed by atoms with Gasteiger partial charge in [0, 0.05) is 13.0 Å². The first-order valence-corrected chi connectivity index (χ1v) is 7.26. The van der Waals surface area contributed by atoms with Gasteiger partial charge in [-0.2, -0.15) is 0 Å². The van der Waals surface area contributed by atoms with E-state index in [4.69, 9.17) is 4.74 Å². The van der Waals surface area contributed by atoms with E-state index in [1.807, 2.05) is 6.92 Å². The Bertz CT molecular complexity index is 304. The van der Waals surface area contributed by atoms with Crippen molar-refractivity contribution in [2.24, 2.45) is 0 Å². The van der Waals surface area contributed by atoms with Gasteiger partial charge in [-0.3, -0.25) is 0 Å². The van der Waals surface area contributed by atoms with E-state index in [0.717, 1.165) is 49.0 Å². The molecule has 0 radical (unpaired) electrons. The maximum absolute atomic E-state index is 5.32. The van der Waals surface area contributed by atoms with Crippen LogP contribution in [0.1, 0.15) is 49.7 Å². The molecular formula is C12H23N3OS. The second-order valence-corrected chi connectivity index (χ2v) is 4.99. The highest BCUT2D eigenvalue weighted by Crippen LogP contribution is 2.21. The van der Waals surface area contributed by atoms with Gasteiger partial charge >= 0.3 is 0 Å². The van der Waals surface area contributed by atoms with Gasteiger partial charge in [-0.25, -0.2) is 0 Å². The Morgan fingerprint density at radius 2 is 2.12 bits per heavy atom. The number of ether oxygens (including phenoxy) is 1. The lowest BCUT2D eigenvalue weighted by molar-refractivity contribution is 0.150. The minimum Gasteiger partial charge on any atom is -0.381 e. The second kappa shape index (κ2) is 8.55. The summed E-state index contributed by atoms with van der Waals surface area (Å²) in [6.45, 7) is 8.90. The summed E-state index contributed by atoms with van der Waals surface area (Å²) >= 11 is 1.70. The van der Waals surface area contributed by atoms with Gasteiger partial charge in [0.15, 0.2) is 0 Å². The van der Waals surface area contributed by atoms with Crippen LogP contribution in [0, 0.1) is 0 Å². The van der Waals surface area contributed by atoms with E-state index in [2.05, 4.69) is 29.4 Å². The van der Waals surface area contributed by atoms with E-state index in [9.17, 15) is 0 Å². The first-order chi connectivity index (χ1) is 8.31. The number of hydrogen-bond acceptors (Lipinski definition) is 5. The molecule has 0 amide bonds. The third-order valence-corrected chi connectivity index (χ3v) is 3.59. The van der Waals surface area contributed by atoms with E-state index in [-0.39, 0.29) is 0 Å². The molecule has 1 unspecified atom stereocenters. The molecule has 0 aliphatic rings. The summed E-state index contributed by atoms with van der Waals surface area (Å²) in [7, 11) is 0. The molecule has 0 bridgehead atoms. The zero-order valence-electron chi connectivity index (χ0n) is 11.0. The Morgan fingerprint density at radius 3 is 2.76 bits per heavy atom. The first kappa shape index (κ1) is 14.5. The molecule has 17 heavy (non-hydrogen) atoms. The molecule has 1 aromatic rings. The minimum absolute atomic E-state index is 0.355. The molecule has 1 atom stereocenters. The van der Waals surface area contributed by atoms with E-state index in [0.29, 0.717) is 6.04 Å². The quantitative estimate of drug-likeness (QED) is 0.691. The van der Waals surface area contributed by atoms with Crippen LogP contribution >= 0.6 is 11.3 Å². The standard InChI is InChI=1S/C12H23N3OS/c1-4-8-13-10(5-2)12-15-14-11(17-12)7-9-16-6-3/h10,13H,4-9H2,1-3H3. The second-order valence-electron chi connectivity index (χ2n) is 3.90. The topological polar surface area (TPSA) is 47.0 Å². The predicted octanol–water partition coefficient (Wildman–Crippen LogP) is 2.57. The Kier molecular flexibility index (Phi) is 7.32. The van der Waals surface area contributed by atoms with Crippen LogP contribution in [0.2, 0.25) is 0 Å². The summed E-state index contributed by atoms with van der Waals surface area (Å²) in [6, 6.07) is 0.355. The molecule has 0 aliphatic heterocycles. The van der Waals surface area contributed by atoms with E-state index < -0.39 is 0 Å². The monoisotopic (exact) mass is 257 g/mol. The summed E-state index contributed by atoms with van der Waals surface area (Å²) in [4.78, 5) is 0. The largest absolute Gasteiger partial charge is 0.381 e. The molecule has 1 N–H and O–H groups in total. The maximum atomic E-state index is 5.32. The lowest BCUT2D eigenvalue weighted by atomic mass is 10.2. The van der Waals surface area contributed by atoms with Gasteiger partial charge in [-0.15, -0.1) is 10.2 Å². The summed E-state index contributed by atoms with van der Waals surface area (Å²) in [6.07, 6.45) is 3.07. The van der Waals surface area contributed by atoms with Gasteiger partial charge in [0.25, 0.3) is 0 Å². The molecule has 1 heterocycles. The predicted molar refractivity (Wildman–Crippen MR) is 71.4 cm³/mol. The Labute approximate surface area is 108 Å². The van der Waals surface area contributed by atoms with Gasteiger partial charge in [0.1, 0.15) is 10.0 Å². The fraction of sp³-hybridized carbons (Fsp3) is 0.833. The molecule has 0 fully saturated rings. The van der Waals surface area contributed by atoms with Crippen molar-refractivity contribution in [3.05, 3.63) is 10.0 Å². The molecule has 0 spiro atoms. The molecule has 98 valence electrons. The van der Waals surface area contributed by atoms with Gasteiger partial charge < -0.3 is 10.1 Å². The molecule has 1 rings (SSSR count). The van der Waals surface area contributed by atoms with Crippen LogP contribution in [0.25, 0.3) is 0 Å². The number of aromatic nitrogens is 2. The Morgan fingerprint density at radius 1 is 1.29 bits per heavy atom. The van der Waals surface area contributed by atoms with Crippen molar-refractivity contribution in [3.8, 4) is 0 Å².